The van der Waals surface area contributed by atoms with Crippen molar-refractivity contribution in [2.45, 2.75) is 25.0 Å². The van der Waals surface area contributed by atoms with Gasteiger partial charge in [-0.2, -0.15) is 0 Å². The van der Waals surface area contributed by atoms with Gasteiger partial charge in [-0.25, -0.2) is 13.4 Å². The largest absolute Gasteiger partial charge is 0.336 e. The minimum Gasteiger partial charge on any atom is -0.336 e. The molecule has 0 aromatic carbocycles. The Bertz CT molecular complexity index is 906. The minimum absolute atomic E-state index is 0.291. The van der Waals surface area contributed by atoms with E-state index in [0.29, 0.717) is 26.7 Å². The minimum atomic E-state index is -3.60. The molecule has 0 amide bonds. The molecule has 110 valence electrons. The third-order valence-corrected chi connectivity index (χ3v) is 6.18. The fraction of sp³-hybridized carbons (Fsp3) is 0.231. The Morgan fingerprint density at radius 2 is 2.00 bits per heavy atom. The second kappa shape index (κ2) is 4.81. The molecule has 0 bridgehead atoms. The third kappa shape index (κ3) is 2.52. The highest BCUT2D eigenvalue weighted by Gasteiger charge is 2.18. The molecule has 0 aliphatic carbocycles. The highest BCUT2D eigenvalue weighted by Crippen LogP contribution is 2.27. The Morgan fingerprint density at radius 3 is 2.67 bits per heavy atom. The number of anilines is 1. The van der Waals surface area contributed by atoms with E-state index in [0.717, 1.165) is 10.4 Å². The molecule has 0 saturated heterocycles. The van der Waals surface area contributed by atoms with Crippen LogP contribution in [0.3, 0.4) is 0 Å². The molecule has 0 saturated carbocycles. The molecule has 3 aromatic rings. The molecule has 21 heavy (non-hydrogen) atoms. The van der Waals surface area contributed by atoms with Crippen molar-refractivity contribution >= 4 is 38.1 Å². The average Bonchev–Trinajstić information content (AvgIpc) is 2.95. The van der Waals surface area contributed by atoms with Crippen LogP contribution >= 0.6 is 11.3 Å². The van der Waals surface area contributed by atoms with Crippen molar-refractivity contribution in [3.63, 3.8) is 0 Å². The Kier molecular flexibility index (Phi) is 3.22. The van der Waals surface area contributed by atoms with Gasteiger partial charge in [-0.05, 0) is 38.5 Å². The number of pyridine rings is 1. The maximum Gasteiger partial charge on any atom is 0.271 e. The van der Waals surface area contributed by atoms with E-state index < -0.39 is 10.0 Å². The average molecular weight is 323 g/mol. The van der Waals surface area contributed by atoms with Crippen molar-refractivity contribution in [1.82, 2.24) is 10.1 Å². The van der Waals surface area contributed by atoms with Crippen LogP contribution < -0.4 is 4.72 Å². The zero-order valence-corrected chi connectivity index (χ0v) is 13.3. The summed E-state index contributed by atoms with van der Waals surface area (Å²) in [6, 6.07) is 3.33. The molecule has 0 spiro atoms. The summed E-state index contributed by atoms with van der Waals surface area (Å²) in [7, 11) is -3.60. The van der Waals surface area contributed by atoms with Crippen molar-refractivity contribution in [3.8, 4) is 0 Å². The van der Waals surface area contributed by atoms with Gasteiger partial charge in [-0.1, -0.05) is 5.16 Å². The van der Waals surface area contributed by atoms with E-state index in [-0.39, 0.29) is 0 Å². The Hall–Kier alpha value is -1.93. The van der Waals surface area contributed by atoms with Crippen LogP contribution in [-0.4, -0.2) is 18.6 Å². The van der Waals surface area contributed by atoms with Gasteiger partial charge in [0, 0.05) is 4.88 Å². The van der Waals surface area contributed by atoms with Crippen molar-refractivity contribution < 1.29 is 12.9 Å². The van der Waals surface area contributed by atoms with Crippen molar-refractivity contribution in [3.05, 3.63) is 34.5 Å². The zero-order chi connectivity index (χ0) is 15.2. The van der Waals surface area contributed by atoms with E-state index >= 15 is 0 Å². The van der Waals surface area contributed by atoms with Crippen LogP contribution in [0, 0.1) is 20.8 Å². The number of hydrogen-bond donors (Lipinski definition) is 1. The molecule has 0 unspecified atom stereocenters. The number of thiophene rings is 1. The molecule has 8 heteroatoms. The molecular formula is C13H13N3O3S2. The monoisotopic (exact) mass is 323 g/mol. The van der Waals surface area contributed by atoms with Gasteiger partial charge in [0.25, 0.3) is 15.7 Å². The molecule has 0 radical (unpaired) electrons. The van der Waals surface area contributed by atoms with Crippen LogP contribution in [0.1, 0.15) is 16.1 Å². The molecular weight excluding hydrogens is 310 g/mol. The topological polar surface area (TPSA) is 85.1 Å². The van der Waals surface area contributed by atoms with Gasteiger partial charge in [0.05, 0.1) is 23.0 Å². The quantitative estimate of drug-likeness (QED) is 0.801. The van der Waals surface area contributed by atoms with Crippen LogP contribution in [0.5, 0.6) is 0 Å². The summed E-state index contributed by atoms with van der Waals surface area (Å²) in [5, 5.41) is 4.48. The van der Waals surface area contributed by atoms with Gasteiger partial charge >= 0.3 is 0 Å². The van der Waals surface area contributed by atoms with Crippen LogP contribution in [0.25, 0.3) is 11.1 Å². The Morgan fingerprint density at radius 1 is 1.24 bits per heavy atom. The van der Waals surface area contributed by atoms with E-state index in [9.17, 15) is 8.42 Å². The lowest BCUT2D eigenvalue weighted by Gasteiger charge is -2.05. The van der Waals surface area contributed by atoms with Crippen molar-refractivity contribution in [1.29, 1.82) is 0 Å². The number of hydrogen-bond acceptors (Lipinski definition) is 6. The van der Waals surface area contributed by atoms with Gasteiger partial charge in [0.15, 0.2) is 0 Å². The van der Waals surface area contributed by atoms with Gasteiger partial charge in [0.2, 0.25) is 0 Å². The maximum absolute atomic E-state index is 12.4. The second-order valence-electron chi connectivity index (χ2n) is 4.75. The van der Waals surface area contributed by atoms with Crippen LogP contribution in [0.2, 0.25) is 0 Å². The molecule has 0 fully saturated rings. The summed E-state index contributed by atoms with van der Waals surface area (Å²) < 4.78 is 32.5. The maximum atomic E-state index is 12.4. The summed E-state index contributed by atoms with van der Waals surface area (Å²) in [6.07, 6.45) is 1.41. The molecule has 1 N–H and O–H groups in total. The number of nitrogens with one attached hydrogen (secondary N) is 1. The molecule has 0 aliphatic rings. The van der Waals surface area contributed by atoms with E-state index in [1.54, 1.807) is 19.1 Å². The number of rotatable bonds is 3. The molecule has 0 atom stereocenters. The summed E-state index contributed by atoms with van der Waals surface area (Å²) in [4.78, 5) is 5.03. The molecule has 6 nitrogen and oxygen atoms in total. The molecule has 3 aromatic heterocycles. The number of aryl methyl sites for hydroxylation is 3. The zero-order valence-electron chi connectivity index (χ0n) is 11.7. The number of fused-ring (bicyclic) bond motifs is 1. The second-order valence-corrected chi connectivity index (χ2v) is 7.92. The highest BCUT2D eigenvalue weighted by molar-refractivity contribution is 7.94. The fourth-order valence-electron chi connectivity index (χ4n) is 1.88. The molecule has 3 heterocycles. The van der Waals surface area contributed by atoms with E-state index in [4.69, 9.17) is 4.52 Å². The lowest BCUT2D eigenvalue weighted by Crippen LogP contribution is -2.11. The Balaban J connectivity index is 1.98. The van der Waals surface area contributed by atoms with Crippen LogP contribution in [0.4, 0.5) is 5.69 Å². The molecule has 3 rings (SSSR count). The van der Waals surface area contributed by atoms with Crippen LogP contribution in [0.15, 0.2) is 27.1 Å². The van der Waals surface area contributed by atoms with Crippen LogP contribution in [-0.2, 0) is 10.0 Å². The number of sulfonamides is 1. The first kappa shape index (κ1) is 14.0. The highest BCUT2D eigenvalue weighted by atomic mass is 32.2. The SMILES string of the molecule is Cc1cc(S(=O)(=O)Nc2cnc3onc(C)c3c2)sc1C. The third-order valence-electron chi connectivity index (χ3n) is 3.17. The molecule has 0 aliphatic heterocycles. The Labute approximate surface area is 125 Å². The smallest absolute Gasteiger partial charge is 0.271 e. The first-order valence-corrected chi connectivity index (χ1v) is 8.48. The first-order valence-electron chi connectivity index (χ1n) is 6.19. The fourth-order valence-corrected chi connectivity index (χ4v) is 4.43. The van der Waals surface area contributed by atoms with Gasteiger partial charge in [0.1, 0.15) is 4.21 Å². The first-order chi connectivity index (χ1) is 9.87. The van der Waals surface area contributed by atoms with E-state index in [2.05, 4.69) is 14.9 Å². The predicted molar refractivity (Wildman–Crippen MR) is 81.1 cm³/mol. The number of aromatic nitrogens is 2. The lowest BCUT2D eigenvalue weighted by molar-refractivity contribution is 0.443. The van der Waals surface area contributed by atoms with E-state index in [1.807, 2.05) is 13.8 Å². The predicted octanol–water partition coefficient (Wildman–Crippen LogP) is 3.01. The summed E-state index contributed by atoms with van der Waals surface area (Å²) in [5.41, 5.74) is 2.40. The standard InChI is InChI=1S/C13H13N3O3S2/c1-7-4-12(20-9(7)3)21(17,18)16-10-5-11-8(2)15-19-13(11)14-6-10/h4-6,16H,1-3H3. The normalized spacial score (nSPS) is 12.0. The van der Waals surface area contributed by atoms with Gasteiger partial charge < -0.3 is 4.52 Å². The summed E-state index contributed by atoms with van der Waals surface area (Å²) >= 11 is 1.25. The van der Waals surface area contributed by atoms with Crippen molar-refractivity contribution in [2.75, 3.05) is 4.72 Å². The van der Waals surface area contributed by atoms with Crippen molar-refractivity contribution in [2.24, 2.45) is 0 Å². The summed E-state index contributed by atoms with van der Waals surface area (Å²) in [6.45, 7) is 5.56. The lowest BCUT2D eigenvalue weighted by atomic mass is 10.3. The van der Waals surface area contributed by atoms with E-state index in [1.165, 1.54) is 17.5 Å². The number of nitrogens with zero attached hydrogens (tertiary/aromatic N) is 2. The van der Waals surface area contributed by atoms with Gasteiger partial charge in [-0.3, -0.25) is 4.72 Å². The van der Waals surface area contributed by atoms with Gasteiger partial charge in [-0.15, -0.1) is 11.3 Å². The summed E-state index contributed by atoms with van der Waals surface area (Å²) in [5.74, 6) is 0.